The second kappa shape index (κ2) is 17.8. The number of benzene rings is 4. The molecule has 4 aromatic rings. The molecule has 0 aromatic heterocycles. The topological polar surface area (TPSA) is 228 Å². The zero-order valence-electron chi connectivity index (χ0n) is 31.1. The van der Waals surface area contributed by atoms with E-state index in [-0.39, 0.29) is 31.8 Å². The normalized spacial score (nSPS) is 19.5. The van der Waals surface area contributed by atoms with E-state index in [4.69, 9.17) is 25.7 Å². The standard InChI is InChI=1S/C41H38N10O6/c1-25(41(55)51-24-35(19-37(51)39(44)53)56-33-15-11-31(12-16-33)48-46-29-7-3-27(21-42)4-8-29)45-40(54)38-20-36(23-50(38)26(2)52)57-34-17-13-32(14-18-34)49-47-30-9-5-28(22-43)6-10-30/h3-18,25,35-38H,19-20,23-24H2,1-2H3,(H2,44,53)(H,45,54)/t25-,35+,36+,37-,38-/m0/s1. The van der Waals surface area contributed by atoms with Crippen molar-refractivity contribution in [2.45, 2.75) is 57.0 Å². The van der Waals surface area contributed by atoms with Gasteiger partial charge in [-0.15, -0.1) is 0 Å². The van der Waals surface area contributed by atoms with Gasteiger partial charge in [0.15, 0.2) is 0 Å². The molecule has 4 aromatic carbocycles. The second-order valence-corrected chi connectivity index (χ2v) is 13.5. The van der Waals surface area contributed by atoms with Crippen molar-refractivity contribution in [3.8, 4) is 23.6 Å². The van der Waals surface area contributed by atoms with Crippen LogP contribution in [0.15, 0.2) is 118 Å². The third-order valence-corrected chi connectivity index (χ3v) is 9.41. The molecule has 0 radical (unpaired) electrons. The van der Waals surface area contributed by atoms with E-state index < -0.39 is 48.1 Å². The Morgan fingerprint density at radius 2 is 1.05 bits per heavy atom. The Labute approximate surface area is 328 Å². The molecule has 0 spiro atoms. The molecule has 6 rings (SSSR count). The Balaban J connectivity index is 1.02. The lowest BCUT2D eigenvalue weighted by Crippen LogP contribution is -2.54. The SMILES string of the molecule is CC(=O)N1C[C@H](Oc2ccc(N=Nc3ccc(C#N)cc3)cc2)C[C@H]1C(=O)N[C@@H](C)C(=O)N1C[C@H](Oc2ccc(N=Nc3ccc(C#N)cc3)cc2)C[C@H]1C(N)=O. The van der Waals surface area contributed by atoms with Gasteiger partial charge in [-0.05, 0) is 104 Å². The van der Waals surface area contributed by atoms with Crippen molar-refractivity contribution in [1.82, 2.24) is 15.1 Å². The van der Waals surface area contributed by atoms with Gasteiger partial charge in [-0.2, -0.15) is 31.0 Å². The van der Waals surface area contributed by atoms with Gasteiger partial charge in [-0.3, -0.25) is 19.2 Å². The highest BCUT2D eigenvalue weighted by atomic mass is 16.5. The number of amides is 4. The molecule has 0 bridgehead atoms. The molecule has 288 valence electrons. The molecular formula is C41H38N10O6. The van der Waals surface area contributed by atoms with Gasteiger partial charge >= 0.3 is 0 Å². The van der Waals surface area contributed by atoms with Gasteiger partial charge < -0.3 is 30.3 Å². The molecule has 2 fully saturated rings. The second-order valence-electron chi connectivity index (χ2n) is 13.5. The molecule has 0 unspecified atom stereocenters. The van der Waals surface area contributed by atoms with Gasteiger partial charge in [-0.25, -0.2) is 0 Å². The smallest absolute Gasteiger partial charge is 0.245 e. The molecule has 3 N–H and O–H groups in total. The number of carbonyl (C=O) groups is 4. The summed E-state index contributed by atoms with van der Waals surface area (Å²) in [5, 5.41) is 37.4. The lowest BCUT2D eigenvalue weighted by molar-refractivity contribution is -0.142. The number of likely N-dealkylation sites (tertiary alicyclic amines) is 2. The number of primary amides is 1. The van der Waals surface area contributed by atoms with E-state index in [0.717, 1.165) is 0 Å². The van der Waals surface area contributed by atoms with Gasteiger partial charge in [0.25, 0.3) is 0 Å². The minimum atomic E-state index is -1.04. The summed E-state index contributed by atoms with van der Waals surface area (Å²) in [6.45, 7) is 3.09. The fourth-order valence-electron chi connectivity index (χ4n) is 6.50. The number of rotatable bonds is 12. The highest BCUT2D eigenvalue weighted by Gasteiger charge is 2.43. The number of nitrogens with one attached hydrogen (secondary N) is 1. The van der Waals surface area contributed by atoms with E-state index in [9.17, 15) is 19.2 Å². The fraction of sp³-hybridized carbons (Fsp3) is 0.268. The summed E-state index contributed by atoms with van der Waals surface area (Å²) in [6.07, 6.45) is -0.716. The Kier molecular flexibility index (Phi) is 12.2. The van der Waals surface area contributed by atoms with Crippen LogP contribution < -0.4 is 20.5 Å². The molecule has 0 aliphatic carbocycles. The Bertz CT molecular complexity index is 2250. The first-order chi connectivity index (χ1) is 27.5. The summed E-state index contributed by atoms with van der Waals surface area (Å²) in [5.41, 5.74) is 9.06. The first-order valence-electron chi connectivity index (χ1n) is 18.0. The molecular weight excluding hydrogens is 729 g/mol. The number of carbonyl (C=O) groups excluding carboxylic acids is 4. The molecule has 2 heterocycles. The van der Waals surface area contributed by atoms with Crippen molar-refractivity contribution < 1.29 is 28.7 Å². The zero-order chi connectivity index (χ0) is 40.5. The number of nitrogens with zero attached hydrogens (tertiary/aromatic N) is 8. The van der Waals surface area contributed by atoms with Crippen LogP contribution in [0, 0.1) is 22.7 Å². The van der Waals surface area contributed by atoms with Crippen LogP contribution in [0.4, 0.5) is 22.7 Å². The van der Waals surface area contributed by atoms with Gasteiger partial charge in [-0.1, -0.05) is 0 Å². The monoisotopic (exact) mass is 766 g/mol. The predicted octanol–water partition coefficient (Wildman–Crippen LogP) is 5.67. The number of ether oxygens (including phenoxy) is 2. The lowest BCUT2D eigenvalue weighted by atomic mass is 10.1. The van der Waals surface area contributed by atoms with Crippen LogP contribution in [0.1, 0.15) is 37.8 Å². The number of hydrogen-bond donors (Lipinski definition) is 2. The van der Waals surface area contributed by atoms with Gasteiger partial charge in [0.1, 0.15) is 41.8 Å². The third kappa shape index (κ3) is 10.00. The fourth-order valence-corrected chi connectivity index (χ4v) is 6.50. The van der Waals surface area contributed by atoms with Crippen LogP contribution >= 0.6 is 0 Å². The van der Waals surface area contributed by atoms with E-state index in [1.54, 1.807) is 97.1 Å². The summed E-state index contributed by atoms with van der Waals surface area (Å²) in [6, 6.07) is 28.3. The first kappa shape index (κ1) is 39.2. The van der Waals surface area contributed by atoms with E-state index in [2.05, 4.69) is 37.9 Å². The quantitative estimate of drug-likeness (QED) is 0.170. The van der Waals surface area contributed by atoms with Gasteiger partial charge in [0.05, 0.1) is 59.1 Å². The van der Waals surface area contributed by atoms with Crippen LogP contribution in [0.2, 0.25) is 0 Å². The Morgan fingerprint density at radius 1 is 0.667 bits per heavy atom. The summed E-state index contributed by atoms with van der Waals surface area (Å²) < 4.78 is 12.2. The van der Waals surface area contributed by atoms with Crippen molar-refractivity contribution in [3.05, 3.63) is 108 Å². The lowest BCUT2D eigenvalue weighted by Gasteiger charge is -2.28. The number of nitriles is 2. The molecule has 16 nitrogen and oxygen atoms in total. The van der Waals surface area contributed by atoms with Crippen LogP contribution in [0.5, 0.6) is 11.5 Å². The number of hydrogen-bond acceptors (Lipinski definition) is 12. The molecule has 57 heavy (non-hydrogen) atoms. The van der Waals surface area contributed by atoms with Crippen molar-refractivity contribution in [2.75, 3.05) is 13.1 Å². The van der Waals surface area contributed by atoms with Crippen molar-refractivity contribution in [1.29, 1.82) is 10.5 Å². The first-order valence-corrected chi connectivity index (χ1v) is 18.0. The molecule has 16 heteroatoms. The average Bonchev–Trinajstić information content (AvgIpc) is 3.85. The minimum Gasteiger partial charge on any atom is -0.488 e. The van der Waals surface area contributed by atoms with E-state index in [1.165, 1.54) is 23.6 Å². The van der Waals surface area contributed by atoms with E-state index >= 15 is 0 Å². The average molecular weight is 767 g/mol. The van der Waals surface area contributed by atoms with Crippen molar-refractivity contribution in [2.24, 2.45) is 26.2 Å². The molecule has 4 amide bonds. The Morgan fingerprint density at radius 3 is 1.44 bits per heavy atom. The summed E-state index contributed by atoms with van der Waals surface area (Å²) in [7, 11) is 0. The predicted molar refractivity (Wildman–Crippen MR) is 205 cm³/mol. The largest absolute Gasteiger partial charge is 0.488 e. The molecule has 2 saturated heterocycles. The highest BCUT2D eigenvalue weighted by Crippen LogP contribution is 2.29. The third-order valence-electron chi connectivity index (χ3n) is 9.41. The van der Waals surface area contributed by atoms with Crippen LogP contribution in [0.3, 0.4) is 0 Å². The van der Waals surface area contributed by atoms with E-state index in [1.807, 2.05) is 0 Å². The van der Waals surface area contributed by atoms with Gasteiger partial charge in [0, 0.05) is 19.8 Å². The van der Waals surface area contributed by atoms with Crippen molar-refractivity contribution in [3.63, 3.8) is 0 Å². The van der Waals surface area contributed by atoms with E-state index in [0.29, 0.717) is 45.4 Å². The maximum absolute atomic E-state index is 13.7. The zero-order valence-corrected chi connectivity index (χ0v) is 31.1. The summed E-state index contributed by atoms with van der Waals surface area (Å²) >= 11 is 0. The van der Waals surface area contributed by atoms with Crippen molar-refractivity contribution >= 4 is 46.4 Å². The molecule has 2 aliphatic heterocycles. The summed E-state index contributed by atoms with van der Waals surface area (Å²) in [4.78, 5) is 54.9. The van der Waals surface area contributed by atoms with Crippen LogP contribution in [-0.2, 0) is 19.2 Å². The van der Waals surface area contributed by atoms with Crippen LogP contribution in [-0.4, -0.2) is 76.9 Å². The Hall–Kier alpha value is -7.46. The maximum atomic E-state index is 13.7. The van der Waals surface area contributed by atoms with Crippen LogP contribution in [0.25, 0.3) is 0 Å². The molecule has 0 saturated carbocycles. The molecule has 5 atom stereocenters. The summed E-state index contributed by atoms with van der Waals surface area (Å²) in [5.74, 6) is -1.08. The number of nitrogens with two attached hydrogens (primary N) is 1. The van der Waals surface area contributed by atoms with Gasteiger partial charge in [0.2, 0.25) is 23.6 Å². The maximum Gasteiger partial charge on any atom is 0.245 e. The minimum absolute atomic E-state index is 0.0569. The highest BCUT2D eigenvalue weighted by molar-refractivity contribution is 5.94. The number of azo groups is 2. The molecule has 2 aliphatic rings.